The van der Waals surface area contributed by atoms with Gasteiger partial charge in [0.05, 0.1) is 0 Å². The predicted molar refractivity (Wildman–Crippen MR) is 57.4 cm³/mol. The van der Waals surface area contributed by atoms with Gasteiger partial charge in [0.25, 0.3) is 0 Å². The van der Waals surface area contributed by atoms with Crippen LogP contribution in [0.25, 0.3) is 0 Å². The molecule has 1 saturated heterocycles. The van der Waals surface area contributed by atoms with Gasteiger partial charge in [0.2, 0.25) is 0 Å². The quantitative estimate of drug-likeness (QED) is 0.792. The van der Waals surface area contributed by atoms with Crippen LogP contribution in [0.2, 0.25) is 0 Å². The molecule has 0 aliphatic carbocycles. The molecule has 2 heterocycles. The minimum absolute atomic E-state index is 0.632. The molecule has 0 unspecified atom stereocenters. The van der Waals surface area contributed by atoms with Crippen molar-refractivity contribution in [1.82, 2.24) is 14.9 Å². The first kappa shape index (κ1) is 9.71. The Hall–Kier alpha value is -0.830. The van der Waals surface area contributed by atoms with E-state index in [1.807, 2.05) is 6.20 Å². The molecule has 3 heteroatoms. The normalized spacial score (nSPS) is 22.5. The van der Waals surface area contributed by atoms with Crippen LogP contribution in [0.5, 0.6) is 0 Å². The van der Waals surface area contributed by atoms with Crippen LogP contribution in [0.1, 0.15) is 38.1 Å². The van der Waals surface area contributed by atoms with E-state index in [1.54, 1.807) is 0 Å². The monoisotopic (exact) mass is 193 g/mol. The highest BCUT2D eigenvalue weighted by atomic mass is 15.1. The zero-order valence-corrected chi connectivity index (χ0v) is 8.87. The Labute approximate surface area is 85.5 Å². The Morgan fingerprint density at radius 3 is 3.29 bits per heavy atom. The van der Waals surface area contributed by atoms with E-state index in [1.165, 1.54) is 31.6 Å². The zero-order chi connectivity index (χ0) is 9.80. The minimum atomic E-state index is 0.632. The van der Waals surface area contributed by atoms with Crippen LogP contribution in [0.4, 0.5) is 0 Å². The number of hydrogen-bond acceptors (Lipinski definition) is 2. The summed E-state index contributed by atoms with van der Waals surface area (Å²) < 4.78 is 2.36. The van der Waals surface area contributed by atoms with Crippen molar-refractivity contribution in [3.05, 3.63) is 18.2 Å². The molecule has 0 amide bonds. The third kappa shape index (κ3) is 1.98. The molecular weight excluding hydrogens is 174 g/mol. The van der Waals surface area contributed by atoms with Gasteiger partial charge in [-0.25, -0.2) is 4.98 Å². The van der Waals surface area contributed by atoms with E-state index in [-0.39, 0.29) is 0 Å². The molecular formula is C11H19N3. The van der Waals surface area contributed by atoms with Crippen LogP contribution in [-0.4, -0.2) is 22.6 Å². The fourth-order valence-electron chi connectivity index (χ4n) is 2.16. The minimum Gasteiger partial charge on any atom is -0.331 e. The van der Waals surface area contributed by atoms with Crippen LogP contribution in [-0.2, 0) is 6.42 Å². The van der Waals surface area contributed by atoms with Crippen LogP contribution in [0.3, 0.4) is 0 Å². The number of aromatic nitrogens is 2. The summed E-state index contributed by atoms with van der Waals surface area (Å²) >= 11 is 0. The van der Waals surface area contributed by atoms with E-state index in [0.717, 1.165) is 13.0 Å². The van der Waals surface area contributed by atoms with E-state index in [2.05, 4.69) is 28.0 Å². The largest absolute Gasteiger partial charge is 0.331 e. The van der Waals surface area contributed by atoms with Crippen molar-refractivity contribution in [2.45, 2.75) is 38.6 Å². The van der Waals surface area contributed by atoms with Gasteiger partial charge in [-0.2, -0.15) is 0 Å². The lowest BCUT2D eigenvalue weighted by atomic mass is 10.1. The number of rotatable bonds is 3. The van der Waals surface area contributed by atoms with E-state index in [9.17, 15) is 0 Å². The fourth-order valence-corrected chi connectivity index (χ4v) is 2.16. The van der Waals surface area contributed by atoms with Crippen molar-refractivity contribution in [1.29, 1.82) is 0 Å². The molecule has 0 radical (unpaired) electrons. The third-order valence-electron chi connectivity index (χ3n) is 2.89. The van der Waals surface area contributed by atoms with Crippen molar-refractivity contribution >= 4 is 0 Å². The molecule has 1 N–H and O–H groups in total. The van der Waals surface area contributed by atoms with Gasteiger partial charge < -0.3 is 9.88 Å². The van der Waals surface area contributed by atoms with Crippen LogP contribution < -0.4 is 5.32 Å². The topological polar surface area (TPSA) is 29.9 Å². The summed E-state index contributed by atoms with van der Waals surface area (Å²) in [7, 11) is 0. The summed E-state index contributed by atoms with van der Waals surface area (Å²) in [6.45, 7) is 4.49. The summed E-state index contributed by atoms with van der Waals surface area (Å²) in [5.41, 5.74) is 0. The number of aryl methyl sites for hydroxylation is 1. The first-order chi connectivity index (χ1) is 6.92. The number of nitrogens with zero attached hydrogens (tertiary/aromatic N) is 2. The molecule has 1 atom stereocenters. The smallest absolute Gasteiger partial charge is 0.108 e. The molecule has 2 rings (SSSR count). The van der Waals surface area contributed by atoms with Gasteiger partial charge in [-0.05, 0) is 25.8 Å². The summed E-state index contributed by atoms with van der Waals surface area (Å²) in [5, 5.41) is 3.44. The van der Waals surface area contributed by atoms with Crippen molar-refractivity contribution < 1.29 is 0 Å². The molecule has 3 nitrogen and oxygen atoms in total. The lowest BCUT2D eigenvalue weighted by Gasteiger charge is -2.25. The van der Waals surface area contributed by atoms with E-state index in [4.69, 9.17) is 0 Å². The number of hydrogen-bond donors (Lipinski definition) is 1. The molecule has 0 aromatic carbocycles. The second-order valence-electron chi connectivity index (χ2n) is 4.00. The molecule has 0 spiro atoms. The summed E-state index contributed by atoms with van der Waals surface area (Å²) in [4.78, 5) is 4.42. The van der Waals surface area contributed by atoms with E-state index < -0.39 is 0 Å². The van der Waals surface area contributed by atoms with Gasteiger partial charge in [0, 0.05) is 31.4 Å². The molecule has 1 aliphatic rings. The van der Waals surface area contributed by atoms with Crippen molar-refractivity contribution in [3.63, 3.8) is 0 Å². The zero-order valence-electron chi connectivity index (χ0n) is 8.87. The summed E-state index contributed by atoms with van der Waals surface area (Å²) in [6, 6.07) is 0.632. The summed E-state index contributed by atoms with van der Waals surface area (Å²) in [5.74, 6) is 1.25. The fraction of sp³-hybridized carbons (Fsp3) is 0.727. The lowest BCUT2D eigenvalue weighted by molar-refractivity contribution is 0.363. The Kier molecular flexibility index (Phi) is 3.19. The SMILES string of the molecule is CCCc1nccn1[C@@H]1CCCNC1. The summed E-state index contributed by atoms with van der Waals surface area (Å²) in [6.07, 6.45) is 8.91. The highest BCUT2D eigenvalue weighted by Gasteiger charge is 2.16. The van der Waals surface area contributed by atoms with Gasteiger partial charge in [-0.3, -0.25) is 0 Å². The van der Waals surface area contributed by atoms with Gasteiger partial charge >= 0.3 is 0 Å². The van der Waals surface area contributed by atoms with E-state index in [0.29, 0.717) is 6.04 Å². The van der Waals surface area contributed by atoms with Gasteiger partial charge in [-0.1, -0.05) is 6.92 Å². The molecule has 0 bridgehead atoms. The predicted octanol–water partition coefficient (Wildman–Crippen LogP) is 1.76. The van der Waals surface area contributed by atoms with Crippen LogP contribution >= 0.6 is 0 Å². The average Bonchev–Trinajstić information content (AvgIpc) is 2.68. The van der Waals surface area contributed by atoms with Crippen LogP contribution in [0.15, 0.2) is 12.4 Å². The Balaban J connectivity index is 2.09. The third-order valence-corrected chi connectivity index (χ3v) is 2.89. The van der Waals surface area contributed by atoms with Gasteiger partial charge in [0.15, 0.2) is 0 Å². The Morgan fingerprint density at radius 1 is 1.64 bits per heavy atom. The molecule has 78 valence electrons. The lowest BCUT2D eigenvalue weighted by Crippen LogP contribution is -2.32. The highest BCUT2D eigenvalue weighted by molar-refractivity contribution is 4.96. The molecule has 1 aliphatic heterocycles. The van der Waals surface area contributed by atoms with Crippen LogP contribution in [0, 0.1) is 0 Å². The average molecular weight is 193 g/mol. The Morgan fingerprint density at radius 2 is 2.57 bits per heavy atom. The van der Waals surface area contributed by atoms with Crippen molar-refractivity contribution in [2.75, 3.05) is 13.1 Å². The molecule has 1 aromatic heterocycles. The first-order valence-corrected chi connectivity index (χ1v) is 5.64. The Bertz CT molecular complexity index is 274. The second kappa shape index (κ2) is 4.60. The maximum atomic E-state index is 4.42. The maximum absolute atomic E-state index is 4.42. The highest BCUT2D eigenvalue weighted by Crippen LogP contribution is 2.18. The number of imidazole rings is 1. The molecule has 14 heavy (non-hydrogen) atoms. The standard InChI is InChI=1S/C11H19N3/c1-2-4-11-13-7-8-14(11)10-5-3-6-12-9-10/h7-8,10,12H,2-6,9H2,1H3/t10-/m1/s1. The maximum Gasteiger partial charge on any atom is 0.108 e. The van der Waals surface area contributed by atoms with Crippen molar-refractivity contribution in [2.24, 2.45) is 0 Å². The molecule has 1 fully saturated rings. The van der Waals surface area contributed by atoms with Crippen molar-refractivity contribution in [3.8, 4) is 0 Å². The molecule has 1 aromatic rings. The number of nitrogens with one attached hydrogen (secondary N) is 1. The molecule has 0 saturated carbocycles. The second-order valence-corrected chi connectivity index (χ2v) is 4.00. The van der Waals surface area contributed by atoms with Gasteiger partial charge in [-0.15, -0.1) is 0 Å². The van der Waals surface area contributed by atoms with Gasteiger partial charge in [0.1, 0.15) is 5.82 Å². The van der Waals surface area contributed by atoms with E-state index >= 15 is 0 Å². The number of piperidine rings is 1. The first-order valence-electron chi connectivity index (χ1n) is 5.64.